The summed E-state index contributed by atoms with van der Waals surface area (Å²) >= 11 is 0. The van der Waals surface area contributed by atoms with Gasteiger partial charge in [-0.25, -0.2) is 9.78 Å². The van der Waals surface area contributed by atoms with Gasteiger partial charge in [0.05, 0.1) is 17.4 Å². The van der Waals surface area contributed by atoms with E-state index in [0.717, 1.165) is 31.5 Å². The number of nitrogens with one attached hydrogen (secondary N) is 1. The number of carbonyl (C=O) groups is 2. The average Bonchev–Trinajstić information content (AvgIpc) is 3.51. The zero-order valence-corrected chi connectivity index (χ0v) is 21.3. The average molecular weight is 495 g/mol. The molecule has 3 heterocycles. The Labute approximate surface area is 211 Å². The quantitative estimate of drug-likeness (QED) is 0.599. The molecule has 1 amide bonds. The number of carboxylic acid groups (broad SMARTS) is 1. The lowest BCUT2D eigenvalue weighted by Crippen LogP contribution is -2.55. The number of hydrogen-bond acceptors (Lipinski definition) is 8. The molecule has 192 valence electrons. The standard InChI is InChI=1S/C26H34N6O4/c1-5-20-24(33)31(4)21-13-27-26(29-23(21)32(20)15-8-6-7-9-15)28-19-11-10-17(25(34)35)18-12-16(14-30(2)3)36-22(18)19/h10-11,13,15-16,20H,5-9,12,14H2,1-4H3,(H,34,35)(H,27,28,29). The van der Waals surface area contributed by atoms with Crippen LogP contribution in [-0.4, -0.2) is 77.7 Å². The number of rotatable bonds is 7. The molecule has 1 saturated carbocycles. The second kappa shape index (κ2) is 9.57. The molecular weight excluding hydrogens is 460 g/mol. The molecule has 2 aliphatic heterocycles. The summed E-state index contributed by atoms with van der Waals surface area (Å²) in [4.78, 5) is 40.3. The topological polar surface area (TPSA) is 111 Å². The molecule has 36 heavy (non-hydrogen) atoms. The van der Waals surface area contributed by atoms with Gasteiger partial charge in [0, 0.05) is 31.6 Å². The van der Waals surface area contributed by atoms with Gasteiger partial charge in [-0.3, -0.25) is 4.79 Å². The Morgan fingerprint density at radius 2 is 2.03 bits per heavy atom. The molecule has 1 aliphatic carbocycles. The summed E-state index contributed by atoms with van der Waals surface area (Å²) in [6.45, 7) is 2.72. The minimum Gasteiger partial charge on any atom is -0.486 e. The van der Waals surface area contributed by atoms with Crippen LogP contribution >= 0.6 is 0 Å². The van der Waals surface area contributed by atoms with Gasteiger partial charge < -0.3 is 29.9 Å². The summed E-state index contributed by atoms with van der Waals surface area (Å²) in [5.41, 5.74) is 2.27. The number of hydrogen-bond donors (Lipinski definition) is 2. The molecule has 2 unspecified atom stereocenters. The van der Waals surface area contributed by atoms with Crippen molar-refractivity contribution in [3.63, 3.8) is 0 Å². The number of benzene rings is 1. The van der Waals surface area contributed by atoms with E-state index in [1.54, 1.807) is 30.3 Å². The number of aromatic carboxylic acids is 1. The van der Waals surface area contributed by atoms with Crippen molar-refractivity contribution >= 4 is 35.0 Å². The van der Waals surface area contributed by atoms with E-state index in [0.29, 0.717) is 48.0 Å². The van der Waals surface area contributed by atoms with Crippen LogP contribution in [-0.2, 0) is 11.2 Å². The number of carbonyl (C=O) groups excluding carboxylic acids is 1. The van der Waals surface area contributed by atoms with Crippen LogP contribution < -0.4 is 19.9 Å². The Morgan fingerprint density at radius 3 is 2.69 bits per heavy atom. The van der Waals surface area contributed by atoms with E-state index in [1.165, 1.54) is 0 Å². The highest BCUT2D eigenvalue weighted by Gasteiger charge is 2.41. The van der Waals surface area contributed by atoms with Gasteiger partial charge in [-0.05, 0) is 45.5 Å². The summed E-state index contributed by atoms with van der Waals surface area (Å²) in [5, 5.41) is 13.0. The molecule has 10 heteroatoms. The Bertz CT molecular complexity index is 1180. The molecule has 0 saturated heterocycles. The normalized spacial score (nSPS) is 21.5. The Balaban J connectivity index is 1.51. The number of fused-ring (bicyclic) bond motifs is 2. The van der Waals surface area contributed by atoms with Crippen LogP contribution in [0.25, 0.3) is 0 Å². The van der Waals surface area contributed by atoms with Crippen molar-refractivity contribution in [2.75, 3.05) is 42.8 Å². The van der Waals surface area contributed by atoms with Crippen molar-refractivity contribution in [2.45, 2.75) is 63.6 Å². The van der Waals surface area contributed by atoms with Gasteiger partial charge in [0.2, 0.25) is 11.9 Å². The summed E-state index contributed by atoms with van der Waals surface area (Å²) in [5.74, 6) is 0.790. The number of likely N-dealkylation sites (N-methyl/N-ethyl adjacent to an activating group) is 2. The predicted molar refractivity (Wildman–Crippen MR) is 138 cm³/mol. The summed E-state index contributed by atoms with van der Waals surface area (Å²) < 4.78 is 6.21. The van der Waals surface area contributed by atoms with Gasteiger partial charge in [-0.2, -0.15) is 4.98 Å². The van der Waals surface area contributed by atoms with Gasteiger partial charge in [-0.1, -0.05) is 19.8 Å². The molecule has 2 atom stereocenters. The lowest BCUT2D eigenvalue weighted by atomic mass is 10.0. The largest absolute Gasteiger partial charge is 0.486 e. The maximum atomic E-state index is 13.1. The van der Waals surface area contributed by atoms with E-state index in [2.05, 4.69) is 15.2 Å². The van der Waals surface area contributed by atoms with Gasteiger partial charge in [0.25, 0.3) is 0 Å². The van der Waals surface area contributed by atoms with Crippen LogP contribution in [0.3, 0.4) is 0 Å². The number of ether oxygens (including phenoxy) is 1. The molecular formula is C26H34N6O4. The van der Waals surface area contributed by atoms with Crippen molar-refractivity contribution in [1.29, 1.82) is 0 Å². The van der Waals surface area contributed by atoms with Gasteiger partial charge >= 0.3 is 5.97 Å². The van der Waals surface area contributed by atoms with Crippen molar-refractivity contribution in [3.8, 4) is 5.75 Å². The van der Waals surface area contributed by atoms with Gasteiger partial charge in [0.1, 0.15) is 23.6 Å². The highest BCUT2D eigenvalue weighted by molar-refractivity contribution is 6.04. The minimum absolute atomic E-state index is 0.0728. The third-order valence-corrected chi connectivity index (χ3v) is 7.43. The second-order valence-electron chi connectivity index (χ2n) is 10.2. The fourth-order valence-electron chi connectivity index (χ4n) is 5.77. The van der Waals surface area contributed by atoms with Crippen LogP contribution in [0.5, 0.6) is 5.75 Å². The van der Waals surface area contributed by atoms with Crippen molar-refractivity contribution in [2.24, 2.45) is 0 Å². The second-order valence-corrected chi connectivity index (χ2v) is 10.2. The molecule has 2 aromatic rings. The van der Waals surface area contributed by atoms with Crippen LogP contribution in [0.4, 0.5) is 23.1 Å². The lowest BCUT2D eigenvalue weighted by molar-refractivity contribution is -0.120. The Kier molecular flexibility index (Phi) is 6.46. The smallest absolute Gasteiger partial charge is 0.336 e. The van der Waals surface area contributed by atoms with E-state index < -0.39 is 5.97 Å². The monoisotopic (exact) mass is 494 g/mol. The SMILES string of the molecule is CCC1C(=O)N(C)c2cnc(Nc3ccc(C(=O)O)c4c3OC(CN(C)C)C4)nc2N1C1CCCC1. The molecule has 3 aliphatic rings. The van der Waals surface area contributed by atoms with E-state index >= 15 is 0 Å². The van der Waals surface area contributed by atoms with E-state index in [9.17, 15) is 14.7 Å². The molecule has 1 fully saturated rings. The zero-order chi connectivity index (χ0) is 25.6. The first-order chi connectivity index (χ1) is 17.3. The first kappa shape index (κ1) is 24.3. The van der Waals surface area contributed by atoms with Crippen molar-refractivity contribution in [1.82, 2.24) is 14.9 Å². The molecule has 5 rings (SSSR count). The molecule has 0 bridgehead atoms. The highest BCUT2D eigenvalue weighted by Crippen LogP contribution is 2.42. The fraction of sp³-hybridized carbons (Fsp3) is 0.538. The minimum atomic E-state index is -0.970. The fourth-order valence-corrected chi connectivity index (χ4v) is 5.77. The highest BCUT2D eigenvalue weighted by atomic mass is 16.5. The number of amides is 1. The van der Waals surface area contributed by atoms with Crippen molar-refractivity contribution in [3.05, 3.63) is 29.5 Å². The number of carboxylic acids is 1. The van der Waals surface area contributed by atoms with Crippen LogP contribution in [0.15, 0.2) is 18.3 Å². The summed E-state index contributed by atoms with van der Waals surface area (Å²) in [6.07, 6.45) is 7.19. The first-order valence-corrected chi connectivity index (χ1v) is 12.7. The van der Waals surface area contributed by atoms with Crippen LogP contribution in [0.2, 0.25) is 0 Å². The predicted octanol–water partition coefficient (Wildman–Crippen LogP) is 3.29. The molecule has 0 spiro atoms. The third kappa shape index (κ3) is 4.23. The van der Waals surface area contributed by atoms with Crippen LogP contribution in [0.1, 0.15) is 54.9 Å². The summed E-state index contributed by atoms with van der Waals surface area (Å²) in [6, 6.07) is 3.35. The Morgan fingerprint density at radius 1 is 1.28 bits per heavy atom. The van der Waals surface area contributed by atoms with Crippen LogP contribution in [0, 0.1) is 0 Å². The molecule has 1 aromatic carbocycles. The Hall–Kier alpha value is -3.40. The number of nitrogens with zero attached hydrogens (tertiary/aromatic N) is 5. The first-order valence-electron chi connectivity index (χ1n) is 12.7. The van der Waals surface area contributed by atoms with Gasteiger partial charge in [-0.15, -0.1) is 0 Å². The molecule has 10 nitrogen and oxygen atoms in total. The van der Waals surface area contributed by atoms with E-state index in [-0.39, 0.29) is 29.7 Å². The maximum absolute atomic E-state index is 13.1. The molecule has 0 radical (unpaired) electrons. The number of anilines is 4. The number of aromatic nitrogens is 2. The van der Waals surface area contributed by atoms with E-state index in [4.69, 9.17) is 9.72 Å². The van der Waals surface area contributed by atoms with Crippen molar-refractivity contribution < 1.29 is 19.4 Å². The zero-order valence-electron chi connectivity index (χ0n) is 21.3. The maximum Gasteiger partial charge on any atom is 0.336 e. The molecule has 2 N–H and O–H groups in total. The molecule has 1 aromatic heterocycles. The lowest BCUT2D eigenvalue weighted by Gasteiger charge is -2.43. The summed E-state index contributed by atoms with van der Waals surface area (Å²) in [7, 11) is 5.71. The van der Waals surface area contributed by atoms with E-state index in [1.807, 2.05) is 25.9 Å². The van der Waals surface area contributed by atoms with Gasteiger partial charge in [0.15, 0.2) is 5.82 Å². The third-order valence-electron chi connectivity index (χ3n) is 7.43.